The summed E-state index contributed by atoms with van der Waals surface area (Å²) in [5.74, 6) is -0.0464. The average molecular weight is 400 g/mol. The summed E-state index contributed by atoms with van der Waals surface area (Å²) in [5.41, 5.74) is 1.91. The van der Waals surface area contributed by atoms with Gasteiger partial charge in [-0.05, 0) is 25.0 Å². The summed E-state index contributed by atoms with van der Waals surface area (Å²) in [6.07, 6.45) is 8.34. The maximum absolute atomic E-state index is 12.5. The fourth-order valence-corrected chi connectivity index (χ4v) is 4.88. The molecule has 0 spiro atoms. The molecule has 1 N–H and O–H groups in total. The number of benzene rings is 1. The number of carbonyl (C=O) groups is 2. The van der Waals surface area contributed by atoms with Gasteiger partial charge in [0, 0.05) is 35.8 Å². The molecule has 1 aliphatic heterocycles. The highest BCUT2D eigenvalue weighted by Gasteiger charge is 2.29. The van der Waals surface area contributed by atoms with Gasteiger partial charge in [-0.15, -0.1) is 0 Å². The van der Waals surface area contributed by atoms with Crippen LogP contribution < -0.4 is 5.32 Å². The number of rotatable bonds is 4. The van der Waals surface area contributed by atoms with Crippen LogP contribution in [0.4, 0.5) is 0 Å². The van der Waals surface area contributed by atoms with Crippen molar-refractivity contribution in [3.8, 4) is 0 Å². The van der Waals surface area contributed by atoms with Crippen molar-refractivity contribution in [3.63, 3.8) is 0 Å². The largest absolute Gasteiger partial charge is 0.352 e. The van der Waals surface area contributed by atoms with Crippen molar-refractivity contribution in [2.45, 2.75) is 38.3 Å². The van der Waals surface area contributed by atoms with Gasteiger partial charge in [-0.3, -0.25) is 14.5 Å². The molecule has 2 amide bonds. The molecule has 1 aliphatic carbocycles. The van der Waals surface area contributed by atoms with Crippen molar-refractivity contribution in [2.24, 2.45) is 0 Å². The molecule has 0 unspecified atom stereocenters. The Hall–Kier alpha value is -2.12. The zero-order valence-corrected chi connectivity index (χ0v) is 16.7. The Morgan fingerprint density at radius 1 is 1.33 bits per heavy atom. The third kappa shape index (κ3) is 3.66. The first kappa shape index (κ1) is 18.3. The zero-order chi connectivity index (χ0) is 19.0. The van der Waals surface area contributed by atoms with E-state index < -0.39 is 0 Å². The first-order valence-corrected chi connectivity index (χ1v) is 10.3. The summed E-state index contributed by atoms with van der Waals surface area (Å²) < 4.78 is 2.52. The number of aromatic nitrogens is 1. The molecule has 1 aromatic carbocycles. The first-order valence-electron chi connectivity index (χ1n) is 9.12. The van der Waals surface area contributed by atoms with Crippen LogP contribution in [0.25, 0.3) is 17.0 Å². The van der Waals surface area contributed by atoms with Gasteiger partial charge in [0.05, 0.1) is 4.91 Å². The van der Waals surface area contributed by atoms with E-state index in [1.54, 1.807) is 7.05 Å². The van der Waals surface area contributed by atoms with Crippen molar-refractivity contribution in [2.75, 3.05) is 7.05 Å². The van der Waals surface area contributed by atoms with Crippen molar-refractivity contribution in [3.05, 3.63) is 40.9 Å². The molecule has 27 heavy (non-hydrogen) atoms. The SMILES string of the molecule is CN1C(=O)/C(=C/c2cn(CC(=O)NC3CCCC3)c3ccccc23)SC1=S. The summed E-state index contributed by atoms with van der Waals surface area (Å²) in [7, 11) is 1.69. The van der Waals surface area contributed by atoms with Crippen LogP contribution in [-0.4, -0.2) is 38.7 Å². The van der Waals surface area contributed by atoms with Crippen LogP contribution in [0.3, 0.4) is 0 Å². The highest BCUT2D eigenvalue weighted by atomic mass is 32.2. The zero-order valence-electron chi connectivity index (χ0n) is 15.1. The van der Waals surface area contributed by atoms with E-state index in [1.165, 1.54) is 29.5 Å². The highest BCUT2D eigenvalue weighted by molar-refractivity contribution is 8.26. The Balaban J connectivity index is 1.62. The highest BCUT2D eigenvalue weighted by Crippen LogP contribution is 2.33. The molecule has 2 fully saturated rings. The van der Waals surface area contributed by atoms with E-state index in [1.807, 2.05) is 41.1 Å². The van der Waals surface area contributed by atoms with Gasteiger partial charge >= 0.3 is 0 Å². The van der Waals surface area contributed by atoms with E-state index in [0.717, 1.165) is 29.3 Å². The van der Waals surface area contributed by atoms with E-state index in [-0.39, 0.29) is 18.4 Å². The van der Waals surface area contributed by atoms with Gasteiger partial charge in [0.1, 0.15) is 10.9 Å². The molecule has 0 atom stereocenters. The van der Waals surface area contributed by atoms with Crippen LogP contribution in [0.5, 0.6) is 0 Å². The molecule has 2 aliphatic rings. The van der Waals surface area contributed by atoms with Gasteiger partial charge < -0.3 is 9.88 Å². The lowest BCUT2D eigenvalue weighted by Crippen LogP contribution is -2.35. The van der Waals surface area contributed by atoms with Crippen molar-refractivity contribution in [1.29, 1.82) is 0 Å². The minimum absolute atomic E-state index is 0.0362. The number of thioether (sulfide) groups is 1. The lowest BCUT2D eigenvalue weighted by Gasteiger charge is -2.12. The van der Waals surface area contributed by atoms with Crippen LogP contribution in [0.2, 0.25) is 0 Å². The van der Waals surface area contributed by atoms with Crippen molar-refractivity contribution >= 4 is 57.1 Å². The van der Waals surface area contributed by atoms with Crippen LogP contribution in [0.15, 0.2) is 35.4 Å². The van der Waals surface area contributed by atoms with Crippen LogP contribution in [0, 0.1) is 0 Å². The minimum atomic E-state index is -0.0826. The lowest BCUT2D eigenvalue weighted by molar-refractivity contribution is -0.122. The van der Waals surface area contributed by atoms with Gasteiger partial charge in [0.25, 0.3) is 5.91 Å². The second-order valence-corrected chi connectivity index (χ2v) is 8.69. The summed E-state index contributed by atoms with van der Waals surface area (Å²) >= 11 is 6.52. The smallest absolute Gasteiger partial charge is 0.265 e. The second kappa shape index (κ2) is 7.48. The van der Waals surface area contributed by atoms with E-state index in [2.05, 4.69) is 5.32 Å². The number of likely N-dealkylation sites (N-methyl/N-ethyl adjacent to an activating group) is 1. The minimum Gasteiger partial charge on any atom is -0.352 e. The summed E-state index contributed by atoms with van der Waals surface area (Å²) in [5, 5.41) is 4.16. The van der Waals surface area contributed by atoms with Crippen molar-refractivity contribution in [1.82, 2.24) is 14.8 Å². The molecular formula is C20H21N3O2S2. The normalized spacial score (nSPS) is 19.6. The number of nitrogens with one attached hydrogen (secondary N) is 1. The third-order valence-electron chi connectivity index (χ3n) is 5.13. The predicted octanol–water partition coefficient (Wildman–Crippen LogP) is 3.53. The number of thiocarbonyl (C=S) groups is 1. The Kier molecular flexibility index (Phi) is 5.06. The van der Waals surface area contributed by atoms with Crippen LogP contribution >= 0.6 is 24.0 Å². The van der Waals surface area contributed by atoms with Crippen molar-refractivity contribution < 1.29 is 9.59 Å². The third-order valence-corrected chi connectivity index (χ3v) is 6.61. The number of para-hydroxylation sites is 1. The topological polar surface area (TPSA) is 54.3 Å². The summed E-state index contributed by atoms with van der Waals surface area (Å²) in [6, 6.07) is 8.25. The molecule has 2 aromatic rings. The predicted molar refractivity (Wildman–Crippen MR) is 113 cm³/mol. The molecule has 2 heterocycles. The Labute approximate surface area is 167 Å². The monoisotopic (exact) mass is 399 g/mol. The van der Waals surface area contributed by atoms with E-state index in [0.29, 0.717) is 15.3 Å². The van der Waals surface area contributed by atoms with E-state index in [9.17, 15) is 9.59 Å². The molecule has 1 saturated carbocycles. The van der Waals surface area contributed by atoms with Gasteiger partial charge in [-0.2, -0.15) is 0 Å². The summed E-state index contributed by atoms with van der Waals surface area (Å²) in [6.45, 7) is 0.277. The molecule has 1 aromatic heterocycles. The molecule has 5 nitrogen and oxygen atoms in total. The maximum Gasteiger partial charge on any atom is 0.265 e. The first-order chi connectivity index (χ1) is 13.0. The fourth-order valence-electron chi connectivity index (χ4n) is 3.71. The molecule has 140 valence electrons. The molecule has 7 heteroatoms. The number of hydrogen-bond donors (Lipinski definition) is 1. The fraction of sp³-hybridized carbons (Fsp3) is 0.350. The number of nitrogens with zero attached hydrogens (tertiary/aromatic N) is 2. The maximum atomic E-state index is 12.5. The Morgan fingerprint density at radius 3 is 2.78 bits per heavy atom. The van der Waals surface area contributed by atoms with Gasteiger partial charge in [0.2, 0.25) is 5.91 Å². The van der Waals surface area contributed by atoms with Gasteiger partial charge in [-0.1, -0.05) is 55.0 Å². The summed E-state index contributed by atoms with van der Waals surface area (Å²) in [4.78, 5) is 26.9. The van der Waals surface area contributed by atoms with Crippen LogP contribution in [0.1, 0.15) is 31.2 Å². The Bertz CT molecular complexity index is 957. The molecule has 4 rings (SSSR count). The molecular weight excluding hydrogens is 378 g/mol. The molecule has 0 bridgehead atoms. The lowest BCUT2D eigenvalue weighted by atomic mass is 10.1. The average Bonchev–Trinajstić information content (AvgIpc) is 3.33. The van der Waals surface area contributed by atoms with E-state index in [4.69, 9.17) is 12.2 Å². The number of amides is 2. The molecule has 0 radical (unpaired) electrons. The number of carbonyl (C=O) groups excluding carboxylic acids is 2. The van der Waals surface area contributed by atoms with Crippen LogP contribution in [-0.2, 0) is 16.1 Å². The second-order valence-electron chi connectivity index (χ2n) is 7.02. The number of hydrogen-bond acceptors (Lipinski definition) is 4. The number of fused-ring (bicyclic) bond motifs is 1. The van der Waals surface area contributed by atoms with E-state index >= 15 is 0 Å². The Morgan fingerprint density at radius 2 is 2.07 bits per heavy atom. The standard InChI is InChI=1S/C20H21N3O2S2/c1-22-19(25)17(27-20(22)26)10-13-11-23(16-9-5-4-8-15(13)16)12-18(24)21-14-6-2-3-7-14/h4-5,8-11,14H,2-3,6-7,12H2,1H3,(H,21,24)/b17-10-. The molecule has 1 saturated heterocycles. The van der Waals surface area contributed by atoms with Gasteiger partial charge in [-0.25, -0.2) is 0 Å². The van der Waals surface area contributed by atoms with Gasteiger partial charge in [0.15, 0.2) is 0 Å². The quantitative estimate of drug-likeness (QED) is 0.631.